The van der Waals surface area contributed by atoms with Gasteiger partial charge in [0, 0.05) is 31.9 Å². The Kier molecular flexibility index (Phi) is 4.14. The average Bonchev–Trinajstić information content (AvgIpc) is 2.76. The summed E-state index contributed by atoms with van der Waals surface area (Å²) in [7, 11) is 3.99. The van der Waals surface area contributed by atoms with Crippen molar-refractivity contribution in [2.75, 3.05) is 19.0 Å². The highest BCUT2D eigenvalue weighted by molar-refractivity contribution is 9.11. The van der Waals surface area contributed by atoms with Gasteiger partial charge in [-0.2, -0.15) is 4.57 Å². The van der Waals surface area contributed by atoms with Crippen molar-refractivity contribution in [3.8, 4) is 0 Å². The van der Waals surface area contributed by atoms with Crippen molar-refractivity contribution < 1.29 is 9.36 Å². The van der Waals surface area contributed by atoms with Crippen molar-refractivity contribution in [1.29, 1.82) is 0 Å². The molecule has 0 saturated carbocycles. The summed E-state index contributed by atoms with van der Waals surface area (Å²) in [5, 5.41) is 0. The number of ketones is 1. The Morgan fingerprint density at radius 2 is 1.94 bits per heavy atom. The second-order valence-electron chi connectivity index (χ2n) is 4.15. The maximum absolute atomic E-state index is 12.0. The van der Waals surface area contributed by atoms with Crippen LogP contribution in [0.3, 0.4) is 0 Å². The van der Waals surface area contributed by atoms with Gasteiger partial charge in [-0.15, -0.1) is 11.3 Å². The molecule has 0 amide bonds. The number of carbonyl (C=O) groups is 1. The number of Topliss-reactive ketones (excluding diaryl/α,β-unsaturated/α-hetero) is 1. The molecular weight excluding hydrogens is 312 g/mol. The van der Waals surface area contributed by atoms with E-state index in [1.807, 2.05) is 60.2 Å². The van der Waals surface area contributed by atoms with Gasteiger partial charge in [-0.1, -0.05) is 0 Å². The van der Waals surface area contributed by atoms with E-state index in [4.69, 9.17) is 0 Å². The van der Waals surface area contributed by atoms with E-state index >= 15 is 0 Å². The van der Waals surface area contributed by atoms with Crippen molar-refractivity contribution in [2.24, 2.45) is 0 Å². The molecule has 0 bridgehead atoms. The minimum absolute atomic E-state index is 0.133. The van der Waals surface area contributed by atoms with Crippen LogP contribution in [0.25, 0.3) is 0 Å². The smallest absolute Gasteiger partial charge is 0.237 e. The number of rotatable bonds is 4. The molecule has 0 N–H and O–H groups in total. The van der Waals surface area contributed by atoms with Crippen LogP contribution in [-0.2, 0) is 6.54 Å². The highest BCUT2D eigenvalue weighted by Crippen LogP contribution is 2.22. The minimum atomic E-state index is 0.133. The van der Waals surface area contributed by atoms with Crippen LogP contribution in [0.15, 0.2) is 40.4 Å². The van der Waals surface area contributed by atoms with Gasteiger partial charge >= 0.3 is 0 Å². The quantitative estimate of drug-likeness (QED) is 0.637. The van der Waals surface area contributed by atoms with E-state index in [2.05, 4.69) is 15.9 Å². The first kappa shape index (κ1) is 13.2. The van der Waals surface area contributed by atoms with E-state index in [1.54, 1.807) is 0 Å². The predicted molar refractivity (Wildman–Crippen MR) is 77.3 cm³/mol. The molecule has 18 heavy (non-hydrogen) atoms. The number of nitrogens with zero attached hydrogens (tertiary/aromatic N) is 2. The van der Waals surface area contributed by atoms with E-state index in [-0.39, 0.29) is 5.78 Å². The van der Waals surface area contributed by atoms with Crippen LogP contribution in [-0.4, -0.2) is 19.9 Å². The maximum Gasteiger partial charge on any atom is 0.237 e. The Morgan fingerprint density at radius 3 is 2.44 bits per heavy atom. The number of hydrogen-bond acceptors (Lipinski definition) is 3. The van der Waals surface area contributed by atoms with Crippen molar-refractivity contribution in [1.82, 2.24) is 0 Å². The van der Waals surface area contributed by atoms with Gasteiger partial charge in [0.1, 0.15) is 0 Å². The van der Waals surface area contributed by atoms with Gasteiger partial charge < -0.3 is 4.90 Å². The molecule has 0 spiro atoms. The van der Waals surface area contributed by atoms with Crippen molar-refractivity contribution in [3.63, 3.8) is 0 Å². The molecule has 0 radical (unpaired) electrons. The number of anilines is 1. The summed E-state index contributed by atoms with van der Waals surface area (Å²) in [6.45, 7) is 0.376. The topological polar surface area (TPSA) is 24.2 Å². The van der Waals surface area contributed by atoms with Gasteiger partial charge in [0.25, 0.3) is 0 Å². The van der Waals surface area contributed by atoms with Crippen LogP contribution < -0.4 is 9.47 Å². The maximum atomic E-state index is 12.0. The fraction of sp³-hybridized carbons (Fsp3) is 0.231. The summed E-state index contributed by atoms with van der Waals surface area (Å²) < 4.78 is 2.88. The van der Waals surface area contributed by atoms with Gasteiger partial charge in [0.05, 0.1) is 8.66 Å². The van der Waals surface area contributed by atoms with E-state index in [1.165, 1.54) is 11.3 Å². The van der Waals surface area contributed by atoms with Gasteiger partial charge in [-0.05, 0) is 28.1 Å². The van der Waals surface area contributed by atoms with Crippen molar-refractivity contribution >= 4 is 38.7 Å². The molecule has 94 valence electrons. The molecule has 0 atom stereocenters. The van der Waals surface area contributed by atoms with Crippen molar-refractivity contribution in [3.05, 3.63) is 45.3 Å². The fourth-order valence-electron chi connectivity index (χ4n) is 1.56. The molecule has 5 heteroatoms. The Morgan fingerprint density at radius 1 is 1.28 bits per heavy atom. The van der Waals surface area contributed by atoms with E-state index < -0.39 is 0 Å². The Balaban J connectivity index is 2.07. The highest BCUT2D eigenvalue weighted by Gasteiger charge is 2.14. The molecule has 0 fully saturated rings. The molecule has 0 unspecified atom stereocenters. The first-order chi connectivity index (χ1) is 8.56. The molecule has 2 aromatic heterocycles. The lowest BCUT2D eigenvalue weighted by atomic mass is 10.3. The third-order valence-corrected chi connectivity index (χ3v) is 4.23. The van der Waals surface area contributed by atoms with Gasteiger partial charge in [0.2, 0.25) is 12.3 Å². The zero-order chi connectivity index (χ0) is 13.1. The molecule has 3 nitrogen and oxygen atoms in total. The van der Waals surface area contributed by atoms with Crippen LogP contribution in [0.2, 0.25) is 0 Å². The van der Waals surface area contributed by atoms with Gasteiger partial charge in [0.15, 0.2) is 12.4 Å². The second kappa shape index (κ2) is 5.63. The second-order valence-corrected chi connectivity index (χ2v) is 6.61. The summed E-state index contributed by atoms with van der Waals surface area (Å²) in [5.41, 5.74) is 1.12. The number of halogens is 1. The van der Waals surface area contributed by atoms with Crippen LogP contribution in [0.1, 0.15) is 9.67 Å². The number of thiophene rings is 1. The summed E-state index contributed by atoms with van der Waals surface area (Å²) >= 11 is 4.83. The number of carbonyl (C=O) groups excluding carboxylic acids is 1. The molecule has 0 saturated heterocycles. The lowest BCUT2D eigenvalue weighted by Gasteiger charge is -2.10. The number of pyridine rings is 1. The molecule has 0 aliphatic carbocycles. The molecule has 2 aromatic rings. The Labute approximate surface area is 119 Å². The SMILES string of the molecule is CN(C)c1cc[n+](CC(=O)c2ccc(Br)s2)cc1. The number of aromatic nitrogens is 1. The van der Waals surface area contributed by atoms with E-state index in [9.17, 15) is 4.79 Å². The Hall–Kier alpha value is -1.20. The number of hydrogen-bond donors (Lipinski definition) is 0. The van der Waals surface area contributed by atoms with Crippen molar-refractivity contribution in [2.45, 2.75) is 6.54 Å². The van der Waals surface area contributed by atoms with Crippen LogP contribution >= 0.6 is 27.3 Å². The summed E-state index contributed by atoms with van der Waals surface area (Å²) in [6, 6.07) is 7.75. The van der Waals surface area contributed by atoms with Crippen LogP contribution in [0, 0.1) is 0 Å². The fourth-order valence-corrected chi connectivity index (χ4v) is 2.88. The third kappa shape index (κ3) is 3.17. The van der Waals surface area contributed by atoms with E-state index in [0.29, 0.717) is 6.54 Å². The third-order valence-electron chi connectivity index (χ3n) is 2.56. The normalized spacial score (nSPS) is 10.4. The molecule has 2 rings (SSSR count). The monoisotopic (exact) mass is 325 g/mol. The first-order valence-corrected chi connectivity index (χ1v) is 7.12. The standard InChI is InChI=1S/C13H14BrN2OS/c1-15(2)10-5-7-16(8-6-10)9-11(17)12-3-4-13(14)18-12/h3-8H,9H2,1-2H3/q+1. The lowest BCUT2D eigenvalue weighted by molar-refractivity contribution is -0.683. The molecule has 0 aromatic carbocycles. The highest BCUT2D eigenvalue weighted by atomic mass is 79.9. The van der Waals surface area contributed by atoms with Crippen LogP contribution in [0.4, 0.5) is 5.69 Å². The van der Waals surface area contributed by atoms with E-state index in [0.717, 1.165) is 14.4 Å². The first-order valence-electron chi connectivity index (χ1n) is 5.51. The molecule has 0 aliphatic heterocycles. The van der Waals surface area contributed by atoms with Gasteiger partial charge in [-0.3, -0.25) is 4.79 Å². The summed E-state index contributed by atoms with van der Waals surface area (Å²) in [5.74, 6) is 0.133. The molecular formula is C13H14BrN2OS+. The molecule has 2 heterocycles. The Bertz CT molecular complexity index is 548. The van der Waals surface area contributed by atoms with Crippen LogP contribution in [0.5, 0.6) is 0 Å². The lowest BCUT2D eigenvalue weighted by Crippen LogP contribution is -2.37. The van der Waals surface area contributed by atoms with Gasteiger partial charge in [-0.25, -0.2) is 0 Å². The molecule has 0 aliphatic rings. The zero-order valence-electron chi connectivity index (χ0n) is 10.3. The zero-order valence-corrected chi connectivity index (χ0v) is 12.7. The summed E-state index contributed by atoms with van der Waals surface area (Å²) in [4.78, 5) is 14.8. The predicted octanol–water partition coefficient (Wildman–Crippen LogP) is 2.75. The average molecular weight is 326 g/mol. The largest absolute Gasteiger partial charge is 0.377 e. The summed E-state index contributed by atoms with van der Waals surface area (Å²) in [6.07, 6.45) is 3.85. The minimum Gasteiger partial charge on any atom is -0.377 e.